The van der Waals surface area contributed by atoms with Crippen LogP contribution >= 0.6 is 11.8 Å². The van der Waals surface area contributed by atoms with E-state index in [0.29, 0.717) is 16.8 Å². The summed E-state index contributed by atoms with van der Waals surface area (Å²) in [5.41, 5.74) is 0.822. The van der Waals surface area contributed by atoms with Crippen LogP contribution in [0.4, 0.5) is 29.3 Å². The molecule has 4 aromatic rings. The highest BCUT2D eigenvalue weighted by molar-refractivity contribution is 8.00. The Kier molecular flexibility index (Phi) is 8.38. The number of nitrogens with one attached hydrogen (secondary N) is 3. The van der Waals surface area contributed by atoms with Gasteiger partial charge in [0.1, 0.15) is 0 Å². The first-order valence-corrected chi connectivity index (χ1v) is 12.8. The van der Waals surface area contributed by atoms with Gasteiger partial charge in [-0.3, -0.25) is 9.69 Å². The van der Waals surface area contributed by atoms with Crippen LogP contribution in [-0.2, 0) is 12.0 Å². The van der Waals surface area contributed by atoms with Crippen LogP contribution in [0.2, 0.25) is 0 Å². The monoisotopic (exact) mass is 571 g/mol. The molecule has 0 atom stereocenters. The number of benzene rings is 3. The van der Waals surface area contributed by atoms with Crippen LogP contribution in [0.25, 0.3) is 0 Å². The van der Waals surface area contributed by atoms with Crippen LogP contribution in [0.5, 0.6) is 0 Å². The Morgan fingerprint density at radius 3 is 2.30 bits per heavy atom. The number of halogens is 3. The highest BCUT2D eigenvalue weighted by Crippen LogP contribution is 2.37. The quantitative estimate of drug-likeness (QED) is 0.212. The molecule has 1 aromatic heterocycles. The van der Waals surface area contributed by atoms with Gasteiger partial charge in [0.15, 0.2) is 5.21 Å². The van der Waals surface area contributed by atoms with E-state index < -0.39 is 17.4 Å². The van der Waals surface area contributed by atoms with Gasteiger partial charge >= 0.3 is 11.5 Å². The summed E-state index contributed by atoms with van der Waals surface area (Å²) < 4.78 is 38.5. The number of aromatic nitrogens is 5. The Labute approximate surface area is 231 Å². The van der Waals surface area contributed by atoms with E-state index in [1.807, 2.05) is 24.3 Å². The van der Waals surface area contributed by atoms with E-state index in [9.17, 15) is 22.8 Å². The number of hydrogen-bond acceptors (Lipinski definition) is 6. The fourth-order valence-electron chi connectivity index (χ4n) is 3.68. The number of rotatable bonds is 7. The molecule has 14 heteroatoms. The second-order valence-corrected chi connectivity index (χ2v) is 10.9. The van der Waals surface area contributed by atoms with E-state index in [1.54, 1.807) is 24.3 Å². The van der Waals surface area contributed by atoms with Crippen LogP contribution in [0, 0.1) is 0 Å². The lowest BCUT2D eigenvalue weighted by Gasteiger charge is -2.25. The Morgan fingerprint density at radius 1 is 1.00 bits per heavy atom. The summed E-state index contributed by atoms with van der Waals surface area (Å²) in [5, 5.41) is 15.3. The van der Waals surface area contributed by atoms with Crippen molar-refractivity contribution in [2.24, 2.45) is 0 Å². The maximum absolute atomic E-state index is 13.4. The molecule has 0 aliphatic heterocycles. The van der Waals surface area contributed by atoms with Crippen LogP contribution in [0.15, 0.2) is 77.7 Å². The lowest BCUT2D eigenvalue weighted by Crippen LogP contribution is -2.52. The zero-order valence-electron chi connectivity index (χ0n) is 21.7. The first kappa shape index (κ1) is 28.5. The number of nitrogens with zero attached hydrogens (tertiary/aromatic N) is 5. The fourth-order valence-corrected chi connectivity index (χ4v) is 4.28. The molecule has 0 radical (unpaired) electrons. The summed E-state index contributed by atoms with van der Waals surface area (Å²) in [7, 11) is 0. The maximum Gasteiger partial charge on any atom is 0.446 e. The third-order valence-corrected chi connectivity index (χ3v) is 6.41. The number of carbonyl (C=O) groups is 2. The summed E-state index contributed by atoms with van der Waals surface area (Å²) in [4.78, 5) is 28.2. The number of alkyl halides is 3. The molecule has 0 saturated heterocycles. The van der Waals surface area contributed by atoms with E-state index in [-0.39, 0.29) is 34.3 Å². The Hall–Kier alpha value is -4.46. The van der Waals surface area contributed by atoms with Gasteiger partial charge in [0, 0.05) is 26.7 Å². The highest BCUT2D eigenvalue weighted by Gasteiger charge is 2.29. The highest BCUT2D eigenvalue weighted by atomic mass is 32.2. The van der Waals surface area contributed by atoms with Crippen LogP contribution in [0.1, 0.15) is 42.3 Å². The predicted molar refractivity (Wildman–Crippen MR) is 143 cm³/mol. The predicted octanol–water partition coefficient (Wildman–Crippen LogP) is 5.02. The van der Waals surface area contributed by atoms with E-state index in [2.05, 4.69) is 52.4 Å². The number of hydrogen-bond donors (Lipinski definition) is 3. The smallest absolute Gasteiger partial charge is 0.307 e. The van der Waals surface area contributed by atoms with Crippen molar-refractivity contribution in [3.05, 3.63) is 89.5 Å². The van der Waals surface area contributed by atoms with Gasteiger partial charge < -0.3 is 5.32 Å². The van der Waals surface area contributed by atoms with Gasteiger partial charge in [0.25, 0.3) is 5.91 Å². The van der Waals surface area contributed by atoms with E-state index in [1.165, 1.54) is 29.2 Å². The average Bonchev–Trinajstić information content (AvgIpc) is 3.39. The molecule has 40 heavy (non-hydrogen) atoms. The Balaban J connectivity index is 1.56. The Morgan fingerprint density at radius 2 is 1.70 bits per heavy atom. The topological polar surface area (TPSA) is 120 Å². The van der Waals surface area contributed by atoms with E-state index in [4.69, 9.17) is 0 Å². The molecule has 0 spiro atoms. The van der Waals surface area contributed by atoms with Crippen molar-refractivity contribution in [1.29, 1.82) is 0 Å². The van der Waals surface area contributed by atoms with Crippen molar-refractivity contribution in [1.82, 2.24) is 20.9 Å². The molecule has 208 valence electrons. The molecule has 10 nitrogen and oxygen atoms in total. The normalized spacial score (nSPS) is 11.7. The van der Waals surface area contributed by atoms with Crippen LogP contribution < -0.4 is 20.5 Å². The molecule has 1 heterocycles. The number of H-pyrrole nitrogens is 1. The third-order valence-electron chi connectivity index (χ3n) is 5.69. The lowest BCUT2D eigenvalue weighted by atomic mass is 9.87. The molecular formula is C26H26F3N8O2S+. The SMILES string of the molecule is CC(C)(C)c1ccc(N(Cc2ccc(C(=O)N[n+]3nnn[nH]3)cc2)C(=O)Nc2cccc(SC(F)(F)F)c2)cc1. The Bertz CT molecular complexity index is 1460. The van der Waals surface area contributed by atoms with Crippen molar-refractivity contribution >= 4 is 35.1 Å². The molecule has 4 rings (SSSR count). The van der Waals surface area contributed by atoms with E-state index >= 15 is 0 Å². The summed E-state index contributed by atoms with van der Waals surface area (Å²) in [6.45, 7) is 6.36. The fraction of sp³-hybridized carbons (Fsp3) is 0.231. The molecule has 0 unspecified atom stereocenters. The molecule has 0 fully saturated rings. The molecule has 0 bridgehead atoms. The standard InChI is InChI=1S/C26H25F3N8O2S/c1-25(2,3)19-11-13-21(14-12-19)36(24(39)30-20-5-4-6-22(15-20)40-26(27,28)29)16-17-7-9-18(10-8-17)23(38)31-37-34-32-33-35-37/h4-15H,16H2,1-3H3,(H2,30,31,38,39)/p+1. The first-order chi connectivity index (χ1) is 18.9. The second-order valence-electron chi connectivity index (χ2n) is 9.72. The van der Waals surface area contributed by atoms with Crippen molar-refractivity contribution in [3.8, 4) is 0 Å². The average molecular weight is 572 g/mol. The number of urea groups is 1. The molecule has 3 aromatic carbocycles. The van der Waals surface area contributed by atoms with Crippen LogP contribution in [-0.4, -0.2) is 38.3 Å². The zero-order valence-corrected chi connectivity index (χ0v) is 22.5. The van der Waals surface area contributed by atoms with Gasteiger partial charge in [-0.15, -0.1) is 0 Å². The zero-order chi connectivity index (χ0) is 28.9. The van der Waals surface area contributed by atoms with Gasteiger partial charge in [-0.2, -0.15) is 18.6 Å². The number of amides is 3. The van der Waals surface area contributed by atoms with Gasteiger partial charge in [-0.25, -0.2) is 4.79 Å². The summed E-state index contributed by atoms with van der Waals surface area (Å²) in [6.07, 6.45) is 0. The molecule has 3 N–H and O–H groups in total. The van der Waals surface area contributed by atoms with Crippen molar-refractivity contribution in [2.45, 2.75) is 43.1 Å². The first-order valence-electron chi connectivity index (χ1n) is 12.0. The van der Waals surface area contributed by atoms with Gasteiger partial charge in [0.05, 0.1) is 6.54 Å². The van der Waals surface area contributed by atoms with Crippen LogP contribution in [0.3, 0.4) is 0 Å². The van der Waals surface area contributed by atoms with Gasteiger partial charge in [-0.1, -0.05) is 51.1 Å². The molecule has 0 saturated carbocycles. The number of aromatic amines is 1. The molecule has 0 aliphatic carbocycles. The van der Waals surface area contributed by atoms with Gasteiger partial charge in [0.2, 0.25) is 10.4 Å². The van der Waals surface area contributed by atoms with Gasteiger partial charge in [-0.05, 0) is 76.0 Å². The minimum absolute atomic E-state index is 0.0421. The molecule has 3 amide bonds. The minimum Gasteiger partial charge on any atom is -0.307 e. The lowest BCUT2D eigenvalue weighted by molar-refractivity contribution is -0.759. The summed E-state index contributed by atoms with van der Waals surface area (Å²) >= 11 is -0.254. The minimum atomic E-state index is -4.45. The largest absolute Gasteiger partial charge is 0.446 e. The number of thioether (sulfide) groups is 1. The summed E-state index contributed by atoms with van der Waals surface area (Å²) in [6, 6.07) is 19.1. The second kappa shape index (κ2) is 11.7. The van der Waals surface area contributed by atoms with E-state index in [0.717, 1.165) is 10.5 Å². The van der Waals surface area contributed by atoms with Crippen molar-refractivity contribution in [3.63, 3.8) is 0 Å². The number of anilines is 2. The van der Waals surface area contributed by atoms with Crippen molar-refractivity contribution in [2.75, 3.05) is 15.6 Å². The summed E-state index contributed by atoms with van der Waals surface area (Å²) in [5.74, 6) is -0.459. The molecule has 0 aliphatic rings. The third kappa shape index (κ3) is 7.79. The molecular weight excluding hydrogens is 545 g/mol. The maximum atomic E-state index is 13.4. The number of carbonyl (C=O) groups excluding carboxylic acids is 2. The van der Waals surface area contributed by atoms with Crippen molar-refractivity contribution < 1.29 is 27.7 Å².